The number of hydrogen-bond donors (Lipinski definition) is 1. The molecule has 0 saturated carbocycles. The summed E-state index contributed by atoms with van der Waals surface area (Å²) in [6, 6.07) is 12.5. The van der Waals surface area contributed by atoms with E-state index in [2.05, 4.69) is 35.6 Å². The third-order valence-electron chi connectivity index (χ3n) is 3.33. The summed E-state index contributed by atoms with van der Waals surface area (Å²) >= 11 is 0. The van der Waals surface area contributed by atoms with Crippen LogP contribution in [0.25, 0.3) is 10.8 Å². The standard InChI is InChI=1S/C17H23NO3/c1-19-10-9-18-13-16-15-6-4-3-5-14(15)7-8-17(16)21-12-11-20-2/h3-8,18H,9-13H2,1-2H3. The van der Waals surface area contributed by atoms with Crippen molar-refractivity contribution < 1.29 is 14.2 Å². The largest absolute Gasteiger partial charge is 0.491 e. The van der Waals surface area contributed by atoms with Crippen LogP contribution in [0.2, 0.25) is 0 Å². The number of nitrogens with one attached hydrogen (secondary N) is 1. The van der Waals surface area contributed by atoms with Gasteiger partial charge in [-0.3, -0.25) is 0 Å². The minimum atomic E-state index is 0.555. The molecule has 0 heterocycles. The summed E-state index contributed by atoms with van der Waals surface area (Å²) in [6.07, 6.45) is 0. The minimum absolute atomic E-state index is 0.555. The van der Waals surface area contributed by atoms with Crippen molar-refractivity contribution in [3.63, 3.8) is 0 Å². The van der Waals surface area contributed by atoms with Crippen LogP contribution in [0.1, 0.15) is 5.56 Å². The van der Waals surface area contributed by atoms with Crippen LogP contribution in [-0.2, 0) is 16.0 Å². The normalized spacial score (nSPS) is 11.0. The third-order valence-corrected chi connectivity index (χ3v) is 3.33. The van der Waals surface area contributed by atoms with Gasteiger partial charge in [-0.1, -0.05) is 30.3 Å². The third kappa shape index (κ3) is 4.43. The van der Waals surface area contributed by atoms with Crippen molar-refractivity contribution in [1.82, 2.24) is 5.32 Å². The maximum atomic E-state index is 5.85. The maximum absolute atomic E-state index is 5.85. The Hall–Kier alpha value is -1.62. The number of methoxy groups -OCH3 is 2. The molecule has 114 valence electrons. The van der Waals surface area contributed by atoms with Gasteiger partial charge < -0.3 is 19.5 Å². The lowest BCUT2D eigenvalue weighted by Gasteiger charge is -2.15. The van der Waals surface area contributed by atoms with E-state index in [9.17, 15) is 0 Å². The molecule has 0 aliphatic rings. The van der Waals surface area contributed by atoms with Gasteiger partial charge in [0.2, 0.25) is 0 Å². The molecule has 0 radical (unpaired) electrons. The van der Waals surface area contributed by atoms with Crippen LogP contribution in [0, 0.1) is 0 Å². The SMILES string of the molecule is COCCNCc1c(OCCOC)ccc2ccccc12. The van der Waals surface area contributed by atoms with Crippen molar-refractivity contribution in [2.24, 2.45) is 0 Å². The molecule has 1 N–H and O–H groups in total. The number of ether oxygens (including phenoxy) is 3. The van der Waals surface area contributed by atoms with E-state index < -0.39 is 0 Å². The van der Waals surface area contributed by atoms with Crippen molar-refractivity contribution in [2.45, 2.75) is 6.54 Å². The van der Waals surface area contributed by atoms with Crippen molar-refractivity contribution in [1.29, 1.82) is 0 Å². The average molecular weight is 289 g/mol. The Balaban J connectivity index is 2.19. The molecule has 0 bridgehead atoms. The Labute approximate surface area is 126 Å². The lowest BCUT2D eigenvalue weighted by Crippen LogP contribution is -2.19. The van der Waals surface area contributed by atoms with Crippen LogP contribution in [-0.4, -0.2) is 40.6 Å². The fourth-order valence-corrected chi connectivity index (χ4v) is 2.26. The van der Waals surface area contributed by atoms with Crippen molar-refractivity contribution in [3.8, 4) is 5.75 Å². The van der Waals surface area contributed by atoms with E-state index in [1.165, 1.54) is 16.3 Å². The molecule has 2 aromatic carbocycles. The Morgan fingerprint density at radius 3 is 2.52 bits per heavy atom. The summed E-state index contributed by atoms with van der Waals surface area (Å²) < 4.78 is 16.0. The van der Waals surface area contributed by atoms with Crippen molar-refractivity contribution >= 4 is 10.8 Å². The van der Waals surface area contributed by atoms with Crippen molar-refractivity contribution in [2.75, 3.05) is 40.6 Å². The molecule has 4 heteroatoms. The van der Waals surface area contributed by atoms with Crippen LogP contribution < -0.4 is 10.1 Å². The first-order valence-electron chi connectivity index (χ1n) is 7.19. The van der Waals surface area contributed by atoms with Crippen LogP contribution in [0.4, 0.5) is 0 Å². The smallest absolute Gasteiger partial charge is 0.124 e. The topological polar surface area (TPSA) is 39.7 Å². The first-order valence-corrected chi connectivity index (χ1v) is 7.19. The molecule has 4 nitrogen and oxygen atoms in total. The number of fused-ring (bicyclic) bond motifs is 1. The summed E-state index contributed by atoms with van der Waals surface area (Å²) in [5, 5.41) is 5.83. The highest BCUT2D eigenvalue weighted by molar-refractivity contribution is 5.87. The van der Waals surface area contributed by atoms with E-state index in [1.807, 2.05) is 6.07 Å². The lowest BCUT2D eigenvalue weighted by molar-refractivity contribution is 0.145. The Bertz CT molecular complexity index is 557. The maximum Gasteiger partial charge on any atom is 0.124 e. The van der Waals surface area contributed by atoms with Gasteiger partial charge in [0.25, 0.3) is 0 Å². The van der Waals surface area contributed by atoms with E-state index in [0.29, 0.717) is 19.8 Å². The Kier molecular flexibility index (Phi) is 6.47. The van der Waals surface area contributed by atoms with Crippen molar-refractivity contribution in [3.05, 3.63) is 42.0 Å². The zero-order valence-electron chi connectivity index (χ0n) is 12.7. The van der Waals surface area contributed by atoms with E-state index in [-0.39, 0.29) is 0 Å². The summed E-state index contributed by atoms with van der Waals surface area (Å²) in [7, 11) is 3.38. The number of rotatable bonds is 9. The van der Waals surface area contributed by atoms with Gasteiger partial charge >= 0.3 is 0 Å². The fraction of sp³-hybridized carbons (Fsp3) is 0.412. The monoisotopic (exact) mass is 289 g/mol. The van der Waals surface area contributed by atoms with Gasteiger partial charge in [0.15, 0.2) is 0 Å². The molecule has 0 amide bonds. The van der Waals surface area contributed by atoms with Gasteiger partial charge in [0.1, 0.15) is 12.4 Å². The summed E-state index contributed by atoms with van der Waals surface area (Å²) in [6.45, 7) is 3.41. The molecular formula is C17H23NO3. The zero-order chi connectivity index (χ0) is 14.9. The highest BCUT2D eigenvalue weighted by atomic mass is 16.5. The van der Waals surface area contributed by atoms with Gasteiger partial charge in [0, 0.05) is 32.9 Å². The molecule has 0 saturated heterocycles. The lowest BCUT2D eigenvalue weighted by atomic mass is 10.0. The first kappa shape index (κ1) is 15.8. The molecule has 2 aromatic rings. The highest BCUT2D eigenvalue weighted by Gasteiger charge is 2.08. The van der Waals surface area contributed by atoms with Crippen LogP contribution in [0.5, 0.6) is 5.75 Å². The minimum Gasteiger partial charge on any atom is -0.491 e. The van der Waals surface area contributed by atoms with Crippen LogP contribution in [0.15, 0.2) is 36.4 Å². The van der Waals surface area contributed by atoms with E-state index in [0.717, 1.165) is 18.8 Å². The second-order valence-electron chi connectivity index (χ2n) is 4.77. The fourth-order valence-electron chi connectivity index (χ4n) is 2.26. The second-order valence-corrected chi connectivity index (χ2v) is 4.77. The van der Waals surface area contributed by atoms with Gasteiger partial charge in [-0.15, -0.1) is 0 Å². The Morgan fingerprint density at radius 1 is 0.905 bits per heavy atom. The molecule has 0 spiro atoms. The van der Waals surface area contributed by atoms with Gasteiger partial charge in [0.05, 0.1) is 13.2 Å². The van der Waals surface area contributed by atoms with E-state index in [4.69, 9.17) is 14.2 Å². The highest BCUT2D eigenvalue weighted by Crippen LogP contribution is 2.28. The molecule has 0 aliphatic heterocycles. The molecule has 0 unspecified atom stereocenters. The average Bonchev–Trinajstić information content (AvgIpc) is 2.53. The van der Waals surface area contributed by atoms with E-state index in [1.54, 1.807) is 14.2 Å². The first-order chi connectivity index (χ1) is 10.4. The Morgan fingerprint density at radius 2 is 1.71 bits per heavy atom. The van der Waals surface area contributed by atoms with Gasteiger partial charge in [-0.25, -0.2) is 0 Å². The van der Waals surface area contributed by atoms with Gasteiger partial charge in [-0.2, -0.15) is 0 Å². The molecule has 0 fully saturated rings. The predicted octanol–water partition coefficient (Wildman–Crippen LogP) is 2.60. The van der Waals surface area contributed by atoms with Crippen LogP contribution >= 0.6 is 0 Å². The quantitative estimate of drug-likeness (QED) is 0.720. The molecule has 0 aromatic heterocycles. The zero-order valence-corrected chi connectivity index (χ0v) is 12.7. The van der Waals surface area contributed by atoms with Crippen LogP contribution in [0.3, 0.4) is 0 Å². The van der Waals surface area contributed by atoms with Gasteiger partial charge in [-0.05, 0) is 16.8 Å². The predicted molar refractivity (Wildman–Crippen MR) is 84.9 cm³/mol. The molecule has 2 rings (SSSR count). The second kappa shape index (κ2) is 8.62. The van der Waals surface area contributed by atoms with E-state index >= 15 is 0 Å². The molecule has 0 aliphatic carbocycles. The number of hydrogen-bond acceptors (Lipinski definition) is 4. The molecule has 21 heavy (non-hydrogen) atoms. The molecular weight excluding hydrogens is 266 g/mol. The summed E-state index contributed by atoms with van der Waals surface area (Å²) in [5.41, 5.74) is 1.18. The summed E-state index contributed by atoms with van der Waals surface area (Å²) in [5.74, 6) is 0.913. The molecule has 0 atom stereocenters. The summed E-state index contributed by atoms with van der Waals surface area (Å²) in [4.78, 5) is 0. The number of benzene rings is 2.